The number of hydrogen-bond acceptors (Lipinski definition) is 5. The van der Waals surface area contributed by atoms with E-state index in [1.807, 2.05) is 0 Å². The molecule has 1 atom stereocenters. The van der Waals surface area contributed by atoms with Crippen LogP contribution in [0.4, 0.5) is 22.0 Å². The number of hydrogen-bond donors (Lipinski definition) is 0. The van der Waals surface area contributed by atoms with E-state index in [1.54, 1.807) is 12.1 Å². The molecular formula is C20H16F5N7. The number of rotatable bonds is 5. The molecule has 0 saturated heterocycles. The van der Waals surface area contributed by atoms with E-state index >= 15 is 0 Å². The standard InChI is InChI=1S/C20H16F5N7/c1-12(20(23,24)25)32-18(13-3-5-15(6-4-13)19(2,21)22)29-17(30-32)14-7-8-27-16(9-14)31-11-26-10-28-31/h3-12H,1-2H3. The van der Waals surface area contributed by atoms with Crippen molar-refractivity contribution in [1.82, 2.24) is 34.5 Å². The van der Waals surface area contributed by atoms with Crippen molar-refractivity contribution in [2.24, 2.45) is 0 Å². The van der Waals surface area contributed by atoms with Crippen molar-refractivity contribution >= 4 is 0 Å². The molecule has 0 N–H and O–H groups in total. The Hall–Kier alpha value is -3.70. The van der Waals surface area contributed by atoms with E-state index in [4.69, 9.17) is 0 Å². The molecular weight excluding hydrogens is 433 g/mol. The molecule has 0 aliphatic carbocycles. The van der Waals surface area contributed by atoms with Gasteiger partial charge in [0.15, 0.2) is 17.5 Å². The molecule has 0 amide bonds. The van der Waals surface area contributed by atoms with E-state index in [0.717, 1.165) is 30.7 Å². The highest BCUT2D eigenvalue weighted by atomic mass is 19.4. The summed E-state index contributed by atoms with van der Waals surface area (Å²) in [5.41, 5.74) is 0.359. The summed E-state index contributed by atoms with van der Waals surface area (Å²) in [4.78, 5) is 12.3. The Bertz CT molecular complexity index is 1210. The lowest BCUT2D eigenvalue weighted by molar-refractivity contribution is -0.165. The van der Waals surface area contributed by atoms with Crippen LogP contribution in [0, 0.1) is 0 Å². The molecule has 3 heterocycles. The minimum atomic E-state index is -4.60. The minimum Gasteiger partial charge on any atom is -0.237 e. The van der Waals surface area contributed by atoms with Gasteiger partial charge in [0.2, 0.25) is 0 Å². The Morgan fingerprint density at radius 3 is 2.28 bits per heavy atom. The van der Waals surface area contributed by atoms with E-state index < -0.39 is 18.1 Å². The summed E-state index contributed by atoms with van der Waals surface area (Å²) in [6.45, 7) is 1.69. The van der Waals surface area contributed by atoms with Crippen LogP contribution in [-0.4, -0.2) is 40.7 Å². The van der Waals surface area contributed by atoms with Crippen LogP contribution in [0.25, 0.3) is 28.6 Å². The number of benzene rings is 1. The molecule has 4 rings (SSSR count). The molecule has 166 valence electrons. The summed E-state index contributed by atoms with van der Waals surface area (Å²) < 4.78 is 69.7. The zero-order valence-corrected chi connectivity index (χ0v) is 16.8. The van der Waals surface area contributed by atoms with Gasteiger partial charge in [-0.25, -0.2) is 33.1 Å². The van der Waals surface area contributed by atoms with Crippen molar-refractivity contribution in [3.8, 4) is 28.6 Å². The van der Waals surface area contributed by atoms with Gasteiger partial charge in [-0.3, -0.25) is 0 Å². The monoisotopic (exact) mass is 449 g/mol. The lowest BCUT2D eigenvalue weighted by Gasteiger charge is -2.18. The Balaban J connectivity index is 1.81. The van der Waals surface area contributed by atoms with Gasteiger partial charge >= 0.3 is 6.18 Å². The first-order chi connectivity index (χ1) is 15.0. The highest BCUT2D eigenvalue weighted by Crippen LogP contribution is 2.35. The molecule has 32 heavy (non-hydrogen) atoms. The van der Waals surface area contributed by atoms with Crippen molar-refractivity contribution in [2.45, 2.75) is 32.0 Å². The molecule has 0 aliphatic rings. The Morgan fingerprint density at radius 1 is 0.969 bits per heavy atom. The van der Waals surface area contributed by atoms with E-state index in [9.17, 15) is 22.0 Å². The average Bonchev–Trinajstić information content (AvgIpc) is 3.42. The molecule has 0 saturated carbocycles. The van der Waals surface area contributed by atoms with Gasteiger partial charge in [-0.15, -0.1) is 5.10 Å². The molecule has 0 radical (unpaired) electrons. The number of aromatic nitrogens is 7. The van der Waals surface area contributed by atoms with Crippen LogP contribution in [-0.2, 0) is 5.92 Å². The average molecular weight is 449 g/mol. The largest absolute Gasteiger partial charge is 0.410 e. The first-order valence-corrected chi connectivity index (χ1v) is 9.37. The smallest absolute Gasteiger partial charge is 0.237 e. The first-order valence-electron chi connectivity index (χ1n) is 9.37. The maximum absolute atomic E-state index is 13.5. The summed E-state index contributed by atoms with van der Waals surface area (Å²) >= 11 is 0. The molecule has 0 fully saturated rings. The van der Waals surface area contributed by atoms with E-state index in [-0.39, 0.29) is 22.8 Å². The maximum atomic E-state index is 13.5. The van der Waals surface area contributed by atoms with E-state index in [0.29, 0.717) is 11.4 Å². The predicted molar refractivity (Wildman–Crippen MR) is 104 cm³/mol. The highest BCUT2D eigenvalue weighted by molar-refractivity contribution is 5.63. The number of pyridine rings is 1. The molecule has 1 unspecified atom stereocenters. The van der Waals surface area contributed by atoms with E-state index in [1.165, 1.54) is 35.7 Å². The predicted octanol–water partition coefficient (Wildman–Crippen LogP) is 4.82. The summed E-state index contributed by atoms with van der Waals surface area (Å²) in [6, 6.07) is 6.01. The highest BCUT2D eigenvalue weighted by Gasteiger charge is 2.40. The lowest BCUT2D eigenvalue weighted by Crippen LogP contribution is -2.25. The van der Waals surface area contributed by atoms with Gasteiger partial charge in [-0.2, -0.15) is 18.3 Å². The van der Waals surface area contributed by atoms with E-state index in [2.05, 4.69) is 25.1 Å². The Kier molecular flexibility index (Phi) is 5.23. The molecule has 7 nitrogen and oxygen atoms in total. The molecule has 0 spiro atoms. The Morgan fingerprint density at radius 2 is 1.69 bits per heavy atom. The second kappa shape index (κ2) is 7.77. The van der Waals surface area contributed by atoms with Crippen molar-refractivity contribution in [1.29, 1.82) is 0 Å². The molecule has 1 aromatic carbocycles. The fourth-order valence-corrected chi connectivity index (χ4v) is 2.97. The molecule has 3 aromatic heterocycles. The molecule has 0 aliphatic heterocycles. The van der Waals surface area contributed by atoms with Crippen LogP contribution < -0.4 is 0 Å². The summed E-state index contributed by atoms with van der Waals surface area (Å²) in [6.07, 6.45) is -0.424. The van der Waals surface area contributed by atoms with Crippen molar-refractivity contribution in [2.75, 3.05) is 0 Å². The van der Waals surface area contributed by atoms with Crippen molar-refractivity contribution in [3.05, 3.63) is 60.8 Å². The van der Waals surface area contributed by atoms with Crippen LogP contribution >= 0.6 is 0 Å². The van der Waals surface area contributed by atoms with Gasteiger partial charge in [0, 0.05) is 29.8 Å². The third-order valence-corrected chi connectivity index (χ3v) is 4.78. The molecule has 0 bridgehead atoms. The first kappa shape index (κ1) is 21.5. The topological polar surface area (TPSA) is 74.3 Å². The van der Waals surface area contributed by atoms with Gasteiger partial charge < -0.3 is 0 Å². The van der Waals surface area contributed by atoms with Gasteiger partial charge in [0.05, 0.1) is 0 Å². The summed E-state index contributed by atoms with van der Waals surface area (Å²) in [5, 5.41) is 8.05. The quantitative estimate of drug-likeness (QED) is 0.409. The second-order valence-corrected chi connectivity index (χ2v) is 7.13. The minimum absolute atomic E-state index is 0.0183. The number of alkyl halides is 5. The molecule has 4 aromatic rings. The zero-order valence-electron chi connectivity index (χ0n) is 16.8. The number of nitrogens with zero attached hydrogens (tertiary/aromatic N) is 7. The van der Waals surface area contributed by atoms with Crippen molar-refractivity contribution < 1.29 is 22.0 Å². The number of halogens is 5. The third kappa shape index (κ3) is 4.20. The maximum Gasteiger partial charge on any atom is 0.410 e. The van der Waals surface area contributed by atoms with Crippen molar-refractivity contribution in [3.63, 3.8) is 0 Å². The van der Waals surface area contributed by atoms with Crippen LogP contribution in [0.1, 0.15) is 25.5 Å². The fraction of sp³-hybridized carbons (Fsp3) is 0.250. The van der Waals surface area contributed by atoms with Crippen LogP contribution in [0.5, 0.6) is 0 Å². The van der Waals surface area contributed by atoms with Gasteiger partial charge in [-0.05, 0) is 19.1 Å². The zero-order chi connectivity index (χ0) is 23.1. The Labute approximate surface area is 178 Å². The third-order valence-electron chi connectivity index (χ3n) is 4.78. The lowest BCUT2D eigenvalue weighted by atomic mass is 10.1. The van der Waals surface area contributed by atoms with Crippen LogP contribution in [0.3, 0.4) is 0 Å². The van der Waals surface area contributed by atoms with Gasteiger partial charge in [-0.1, -0.05) is 24.3 Å². The second-order valence-electron chi connectivity index (χ2n) is 7.13. The van der Waals surface area contributed by atoms with Gasteiger partial charge in [0.1, 0.15) is 18.7 Å². The fourth-order valence-electron chi connectivity index (χ4n) is 2.97. The summed E-state index contributed by atoms with van der Waals surface area (Å²) in [7, 11) is 0. The van der Waals surface area contributed by atoms with Crippen LogP contribution in [0.2, 0.25) is 0 Å². The van der Waals surface area contributed by atoms with Gasteiger partial charge in [0.25, 0.3) is 5.92 Å². The molecule has 12 heteroatoms. The normalized spacial score (nSPS) is 13.3. The summed E-state index contributed by atoms with van der Waals surface area (Å²) in [5.74, 6) is -2.79. The SMILES string of the molecule is CC(n1nc(-c2ccnc(-n3cncn3)c2)nc1-c1ccc(C(C)(F)F)cc1)C(F)(F)F. The van der Waals surface area contributed by atoms with Crippen LogP contribution in [0.15, 0.2) is 55.2 Å².